The second-order valence-electron chi connectivity index (χ2n) is 7.18. The van der Waals surface area contributed by atoms with Gasteiger partial charge in [-0.1, -0.05) is 24.6 Å². The van der Waals surface area contributed by atoms with Crippen LogP contribution in [-0.4, -0.2) is 54.0 Å². The van der Waals surface area contributed by atoms with E-state index in [1.54, 1.807) is 0 Å². The normalized spacial score (nSPS) is 26.0. The second-order valence-corrected chi connectivity index (χ2v) is 8.27. The number of thioether (sulfide) groups is 1. The maximum Gasteiger partial charge on any atom is 0.193 e. The zero-order valence-electron chi connectivity index (χ0n) is 15.6. The van der Waals surface area contributed by atoms with E-state index in [-0.39, 0.29) is 30.1 Å². The van der Waals surface area contributed by atoms with Gasteiger partial charge in [-0.2, -0.15) is 0 Å². The number of halogens is 1. The third kappa shape index (κ3) is 6.30. The lowest BCUT2D eigenvalue weighted by molar-refractivity contribution is 0.136. The molecular formula is C20H32IN3OS. The van der Waals surface area contributed by atoms with Crippen LogP contribution in [0.1, 0.15) is 32.6 Å². The standard InChI is InChI=1S/C20H31N3OS.HI/c1-2-21-20(22-13-17-7-6-10-19(17)24)23-12-11-16(14-23)15-25-18-8-4-3-5-9-18;/h3-5,8-9,16-17,19,24H,2,6-7,10-15H2,1H3,(H,21,22);1H. The molecule has 1 aromatic carbocycles. The van der Waals surface area contributed by atoms with Crippen molar-refractivity contribution < 1.29 is 5.11 Å². The molecule has 1 aliphatic heterocycles. The number of guanidine groups is 1. The predicted octanol–water partition coefficient (Wildman–Crippen LogP) is 3.85. The molecule has 26 heavy (non-hydrogen) atoms. The molecule has 1 aliphatic carbocycles. The summed E-state index contributed by atoms with van der Waals surface area (Å²) in [5.41, 5.74) is 0. The van der Waals surface area contributed by atoms with Gasteiger partial charge in [-0.3, -0.25) is 4.99 Å². The van der Waals surface area contributed by atoms with Crippen molar-refractivity contribution >= 4 is 41.7 Å². The fourth-order valence-corrected chi connectivity index (χ4v) is 4.80. The van der Waals surface area contributed by atoms with E-state index < -0.39 is 0 Å². The fourth-order valence-electron chi connectivity index (χ4n) is 3.75. The highest BCUT2D eigenvalue weighted by Gasteiger charge is 2.27. The molecule has 0 amide bonds. The number of nitrogens with zero attached hydrogens (tertiary/aromatic N) is 2. The Morgan fingerprint density at radius 3 is 2.77 bits per heavy atom. The average molecular weight is 489 g/mol. The first-order valence-corrected chi connectivity index (χ1v) is 10.6. The van der Waals surface area contributed by atoms with Gasteiger partial charge in [0.05, 0.1) is 6.10 Å². The highest BCUT2D eigenvalue weighted by molar-refractivity contribution is 14.0. The van der Waals surface area contributed by atoms with E-state index in [9.17, 15) is 5.11 Å². The molecule has 0 spiro atoms. The predicted molar refractivity (Wildman–Crippen MR) is 122 cm³/mol. The number of rotatable bonds is 6. The van der Waals surface area contributed by atoms with Gasteiger partial charge in [-0.05, 0) is 44.2 Å². The van der Waals surface area contributed by atoms with Crippen molar-refractivity contribution in [3.63, 3.8) is 0 Å². The topological polar surface area (TPSA) is 47.9 Å². The van der Waals surface area contributed by atoms with Crippen LogP contribution in [0.2, 0.25) is 0 Å². The molecule has 1 saturated carbocycles. The first-order valence-electron chi connectivity index (χ1n) is 9.65. The number of benzene rings is 1. The van der Waals surface area contributed by atoms with Crippen molar-refractivity contribution in [3.8, 4) is 0 Å². The van der Waals surface area contributed by atoms with E-state index >= 15 is 0 Å². The number of aliphatic hydroxyl groups excluding tert-OH is 1. The maximum absolute atomic E-state index is 10.0. The summed E-state index contributed by atoms with van der Waals surface area (Å²) in [7, 11) is 0. The first-order chi connectivity index (χ1) is 12.3. The number of aliphatic hydroxyl groups is 1. The van der Waals surface area contributed by atoms with E-state index in [1.807, 2.05) is 11.8 Å². The summed E-state index contributed by atoms with van der Waals surface area (Å²) in [6, 6.07) is 10.7. The Morgan fingerprint density at radius 2 is 2.08 bits per heavy atom. The molecule has 0 radical (unpaired) electrons. The molecule has 4 nitrogen and oxygen atoms in total. The number of hydrogen-bond acceptors (Lipinski definition) is 3. The summed E-state index contributed by atoms with van der Waals surface area (Å²) in [6.07, 6.45) is 4.27. The summed E-state index contributed by atoms with van der Waals surface area (Å²) in [4.78, 5) is 8.61. The summed E-state index contributed by atoms with van der Waals surface area (Å²) in [6.45, 7) is 5.94. The summed E-state index contributed by atoms with van der Waals surface area (Å²) in [5, 5.41) is 13.5. The quantitative estimate of drug-likeness (QED) is 0.276. The molecule has 2 N–H and O–H groups in total. The second kappa shape index (κ2) is 11.4. The third-order valence-electron chi connectivity index (χ3n) is 5.24. The number of hydrogen-bond donors (Lipinski definition) is 2. The van der Waals surface area contributed by atoms with Gasteiger partial charge >= 0.3 is 0 Å². The molecule has 6 heteroatoms. The molecule has 0 aromatic heterocycles. The Hall–Kier alpha value is -0.470. The van der Waals surface area contributed by atoms with Gasteiger partial charge in [0.15, 0.2) is 5.96 Å². The van der Waals surface area contributed by atoms with Gasteiger partial charge in [0, 0.05) is 42.7 Å². The van der Waals surface area contributed by atoms with Crippen LogP contribution in [0.5, 0.6) is 0 Å². The molecule has 1 heterocycles. The first kappa shape index (κ1) is 21.8. The van der Waals surface area contributed by atoms with Crippen molar-refractivity contribution in [1.82, 2.24) is 10.2 Å². The highest BCUT2D eigenvalue weighted by atomic mass is 127. The molecule has 0 bridgehead atoms. The van der Waals surface area contributed by atoms with Crippen LogP contribution in [-0.2, 0) is 0 Å². The Labute approximate surface area is 179 Å². The summed E-state index contributed by atoms with van der Waals surface area (Å²) in [5.74, 6) is 3.27. The lowest BCUT2D eigenvalue weighted by Crippen LogP contribution is -2.40. The lowest BCUT2D eigenvalue weighted by Gasteiger charge is -2.22. The van der Waals surface area contributed by atoms with E-state index in [0.29, 0.717) is 11.8 Å². The largest absolute Gasteiger partial charge is 0.393 e. The van der Waals surface area contributed by atoms with E-state index in [0.717, 1.165) is 51.4 Å². The van der Waals surface area contributed by atoms with Crippen LogP contribution in [0, 0.1) is 11.8 Å². The smallest absolute Gasteiger partial charge is 0.193 e. The molecule has 1 aromatic rings. The average Bonchev–Trinajstić information content (AvgIpc) is 3.27. The van der Waals surface area contributed by atoms with Crippen molar-refractivity contribution in [2.75, 3.05) is 31.9 Å². The van der Waals surface area contributed by atoms with Crippen LogP contribution in [0.4, 0.5) is 0 Å². The Bertz CT molecular complexity index is 557. The van der Waals surface area contributed by atoms with Crippen LogP contribution in [0.3, 0.4) is 0 Å². The van der Waals surface area contributed by atoms with E-state index in [2.05, 4.69) is 47.5 Å². The summed E-state index contributed by atoms with van der Waals surface area (Å²) >= 11 is 1.96. The number of aliphatic imine (C=N–C) groups is 1. The van der Waals surface area contributed by atoms with Crippen molar-refractivity contribution in [3.05, 3.63) is 30.3 Å². The summed E-state index contributed by atoms with van der Waals surface area (Å²) < 4.78 is 0. The monoisotopic (exact) mass is 489 g/mol. The minimum atomic E-state index is -0.153. The molecule has 2 aliphatic rings. The SMILES string of the molecule is CCNC(=NCC1CCCC1O)N1CCC(CSc2ccccc2)C1.I. The zero-order valence-corrected chi connectivity index (χ0v) is 18.8. The van der Waals surface area contributed by atoms with Gasteiger partial charge in [0.2, 0.25) is 0 Å². The Balaban J connectivity index is 0.00000243. The fraction of sp³-hybridized carbons (Fsp3) is 0.650. The molecule has 1 saturated heterocycles. The molecule has 146 valence electrons. The van der Waals surface area contributed by atoms with Crippen molar-refractivity contribution in [2.24, 2.45) is 16.8 Å². The van der Waals surface area contributed by atoms with Crippen LogP contribution in [0.15, 0.2) is 40.2 Å². The molecular weight excluding hydrogens is 457 g/mol. The third-order valence-corrected chi connectivity index (χ3v) is 6.49. The minimum Gasteiger partial charge on any atom is -0.393 e. The van der Waals surface area contributed by atoms with Gasteiger partial charge in [0.1, 0.15) is 0 Å². The molecule has 3 rings (SSSR count). The van der Waals surface area contributed by atoms with Crippen LogP contribution < -0.4 is 5.32 Å². The lowest BCUT2D eigenvalue weighted by atomic mass is 10.1. The van der Waals surface area contributed by atoms with Gasteiger partial charge in [-0.15, -0.1) is 35.7 Å². The van der Waals surface area contributed by atoms with Gasteiger partial charge < -0.3 is 15.3 Å². The molecule has 3 atom stereocenters. The van der Waals surface area contributed by atoms with Crippen LogP contribution >= 0.6 is 35.7 Å². The molecule has 2 fully saturated rings. The Kier molecular flexibility index (Phi) is 9.56. The number of likely N-dealkylation sites (tertiary alicyclic amines) is 1. The van der Waals surface area contributed by atoms with Gasteiger partial charge in [0.25, 0.3) is 0 Å². The molecule has 3 unspecified atom stereocenters. The van der Waals surface area contributed by atoms with Crippen LogP contribution in [0.25, 0.3) is 0 Å². The van der Waals surface area contributed by atoms with E-state index in [4.69, 9.17) is 4.99 Å². The van der Waals surface area contributed by atoms with Gasteiger partial charge in [-0.25, -0.2) is 0 Å². The minimum absolute atomic E-state index is 0. The maximum atomic E-state index is 10.0. The zero-order chi connectivity index (χ0) is 17.5. The Morgan fingerprint density at radius 1 is 1.27 bits per heavy atom. The number of nitrogens with one attached hydrogen (secondary N) is 1. The van der Waals surface area contributed by atoms with E-state index in [1.165, 1.54) is 17.1 Å². The van der Waals surface area contributed by atoms with Crippen molar-refractivity contribution in [2.45, 2.75) is 43.6 Å². The highest BCUT2D eigenvalue weighted by Crippen LogP contribution is 2.27. The van der Waals surface area contributed by atoms with Crippen molar-refractivity contribution in [1.29, 1.82) is 0 Å².